The van der Waals surface area contributed by atoms with Crippen molar-refractivity contribution in [1.29, 1.82) is 0 Å². The maximum absolute atomic E-state index is 13.1. The van der Waals surface area contributed by atoms with Crippen LogP contribution in [0.1, 0.15) is 5.56 Å². The molecule has 0 heterocycles. The van der Waals surface area contributed by atoms with Crippen molar-refractivity contribution >= 4 is 25.4 Å². The van der Waals surface area contributed by atoms with E-state index in [-0.39, 0.29) is 0 Å². The third-order valence-corrected chi connectivity index (χ3v) is 2.98. The molecule has 0 fully saturated rings. The zero-order chi connectivity index (χ0) is 12.7. The number of nitrogen functional groups attached to an aromatic ring is 1. The highest BCUT2D eigenvalue weighted by Gasteiger charge is 2.39. The lowest BCUT2D eigenvalue weighted by Crippen LogP contribution is -2.13. The summed E-state index contributed by atoms with van der Waals surface area (Å²) in [6.07, 6.45) is -5.06. The summed E-state index contributed by atoms with van der Waals surface area (Å²) in [7, 11) is -0.124. The summed E-state index contributed by atoms with van der Waals surface area (Å²) in [5.41, 5.74) is 2.72. The first kappa shape index (κ1) is 13.0. The number of halogens is 5. The van der Waals surface area contributed by atoms with E-state index in [1.54, 1.807) is 0 Å². The van der Waals surface area contributed by atoms with Crippen LogP contribution < -0.4 is 5.73 Å². The fourth-order valence-electron chi connectivity index (χ4n) is 1.07. The largest absolute Gasteiger partial charge is 0.417 e. The maximum atomic E-state index is 13.1. The van der Waals surface area contributed by atoms with Gasteiger partial charge in [-0.15, -0.1) is 0 Å². The monoisotopic (exact) mass is 277 g/mol. The lowest BCUT2D eigenvalue weighted by molar-refractivity contribution is -0.140. The molecule has 0 radical (unpaired) electrons. The van der Waals surface area contributed by atoms with Crippen molar-refractivity contribution in [3.63, 3.8) is 0 Å². The third-order valence-electron chi connectivity index (χ3n) is 1.62. The lowest BCUT2D eigenvalue weighted by atomic mass is 10.2. The summed E-state index contributed by atoms with van der Waals surface area (Å²) in [4.78, 5) is -1.61. The fraction of sp³-hybridized carbons (Fsp3) is 0.143. The Bertz CT molecular complexity index is 526. The molecule has 0 saturated carbocycles. The molecule has 16 heavy (non-hydrogen) atoms. The van der Waals surface area contributed by atoms with Crippen molar-refractivity contribution in [3.8, 4) is 0 Å². The molecule has 1 aromatic carbocycles. The minimum Gasteiger partial charge on any atom is -0.399 e. The molecule has 0 spiro atoms. The molecule has 0 saturated heterocycles. The average molecular weight is 278 g/mol. The number of benzene rings is 1. The topological polar surface area (TPSA) is 60.2 Å². The van der Waals surface area contributed by atoms with Crippen LogP contribution in [-0.2, 0) is 15.2 Å². The Morgan fingerprint density at radius 1 is 1.25 bits per heavy atom. The van der Waals surface area contributed by atoms with Crippen LogP contribution in [0.2, 0.25) is 0 Å². The van der Waals surface area contributed by atoms with Crippen molar-refractivity contribution in [1.82, 2.24) is 0 Å². The van der Waals surface area contributed by atoms with Gasteiger partial charge in [0.05, 0.1) is 5.56 Å². The van der Waals surface area contributed by atoms with E-state index in [9.17, 15) is 26.0 Å². The van der Waals surface area contributed by atoms with E-state index in [4.69, 9.17) is 16.4 Å². The van der Waals surface area contributed by atoms with Crippen molar-refractivity contribution < 1.29 is 26.0 Å². The van der Waals surface area contributed by atoms with E-state index >= 15 is 0 Å². The summed E-state index contributed by atoms with van der Waals surface area (Å²) in [6.45, 7) is 0. The van der Waals surface area contributed by atoms with E-state index < -0.39 is 37.2 Å². The third kappa shape index (κ3) is 2.56. The van der Waals surface area contributed by atoms with Crippen LogP contribution in [0.15, 0.2) is 17.0 Å². The number of alkyl halides is 3. The second-order valence-corrected chi connectivity index (χ2v) is 5.32. The summed E-state index contributed by atoms with van der Waals surface area (Å²) < 4.78 is 71.9. The second-order valence-electron chi connectivity index (χ2n) is 2.82. The van der Waals surface area contributed by atoms with Crippen LogP contribution in [0.3, 0.4) is 0 Å². The van der Waals surface area contributed by atoms with Gasteiger partial charge in [-0.25, -0.2) is 12.8 Å². The zero-order valence-electron chi connectivity index (χ0n) is 7.35. The van der Waals surface area contributed by atoms with E-state index in [1.165, 1.54) is 0 Å². The molecule has 0 aromatic heterocycles. The van der Waals surface area contributed by atoms with Gasteiger partial charge in [-0.05, 0) is 12.1 Å². The Morgan fingerprint density at radius 2 is 1.75 bits per heavy atom. The Kier molecular flexibility index (Phi) is 3.08. The molecule has 0 aliphatic carbocycles. The van der Waals surface area contributed by atoms with Crippen molar-refractivity contribution in [2.45, 2.75) is 11.1 Å². The van der Waals surface area contributed by atoms with Gasteiger partial charge in [0.2, 0.25) is 0 Å². The Hall–Kier alpha value is -1.02. The first-order valence-electron chi connectivity index (χ1n) is 3.64. The number of nitrogens with two attached hydrogens (primary N) is 1. The van der Waals surface area contributed by atoms with Crippen LogP contribution in [-0.4, -0.2) is 8.42 Å². The summed E-state index contributed by atoms with van der Waals surface area (Å²) in [6, 6.07) is 0.753. The Balaban J connectivity index is 3.72. The smallest absolute Gasteiger partial charge is 0.399 e. The first-order chi connectivity index (χ1) is 7.03. The summed E-state index contributed by atoms with van der Waals surface area (Å²) >= 11 is 0. The molecule has 1 aromatic rings. The van der Waals surface area contributed by atoms with Gasteiger partial charge in [0.25, 0.3) is 9.05 Å². The van der Waals surface area contributed by atoms with Gasteiger partial charge in [0.1, 0.15) is 10.7 Å². The average Bonchev–Trinajstić information content (AvgIpc) is 1.97. The Morgan fingerprint density at radius 3 is 2.12 bits per heavy atom. The van der Waals surface area contributed by atoms with Crippen LogP contribution in [0.25, 0.3) is 0 Å². The summed E-state index contributed by atoms with van der Waals surface area (Å²) in [5, 5.41) is 0. The highest BCUT2D eigenvalue weighted by atomic mass is 35.7. The van der Waals surface area contributed by atoms with Gasteiger partial charge in [0.15, 0.2) is 0 Å². The van der Waals surface area contributed by atoms with E-state index in [0.717, 1.165) is 0 Å². The normalized spacial score (nSPS) is 12.8. The predicted molar refractivity (Wildman–Crippen MR) is 48.9 cm³/mol. The van der Waals surface area contributed by atoms with E-state index in [1.807, 2.05) is 0 Å². The van der Waals surface area contributed by atoms with Gasteiger partial charge >= 0.3 is 6.18 Å². The highest BCUT2D eigenvalue weighted by Crippen LogP contribution is 2.38. The number of rotatable bonds is 1. The van der Waals surface area contributed by atoms with Crippen molar-refractivity contribution in [3.05, 3.63) is 23.5 Å². The predicted octanol–water partition coefficient (Wildman–Crippen LogP) is 2.35. The van der Waals surface area contributed by atoms with Crippen molar-refractivity contribution in [2.24, 2.45) is 0 Å². The van der Waals surface area contributed by atoms with E-state index in [0.29, 0.717) is 12.1 Å². The molecule has 0 bridgehead atoms. The Labute approximate surface area is 92.2 Å². The number of anilines is 1. The molecule has 2 N–H and O–H groups in total. The number of hydrogen-bond donors (Lipinski definition) is 1. The quantitative estimate of drug-likeness (QED) is 0.487. The van der Waals surface area contributed by atoms with Crippen molar-refractivity contribution in [2.75, 3.05) is 5.73 Å². The second kappa shape index (κ2) is 3.77. The standard InChI is InChI=1S/C7H4ClF4NO2S/c8-16(14,15)6-4(7(10,11)12)1-3(13)2-5(6)9/h1-2H,13H2. The van der Waals surface area contributed by atoms with Gasteiger partial charge in [-0.1, -0.05) is 0 Å². The van der Waals surface area contributed by atoms with Gasteiger partial charge in [-0.2, -0.15) is 13.2 Å². The maximum Gasteiger partial charge on any atom is 0.417 e. The lowest BCUT2D eigenvalue weighted by Gasteiger charge is -2.12. The zero-order valence-corrected chi connectivity index (χ0v) is 8.92. The van der Waals surface area contributed by atoms with Crippen LogP contribution >= 0.6 is 10.7 Å². The minimum absolute atomic E-state index is 0.304. The van der Waals surface area contributed by atoms with Gasteiger partial charge < -0.3 is 5.73 Å². The molecule has 90 valence electrons. The van der Waals surface area contributed by atoms with Crippen LogP contribution in [0, 0.1) is 5.82 Å². The highest BCUT2D eigenvalue weighted by molar-refractivity contribution is 8.13. The first-order valence-corrected chi connectivity index (χ1v) is 5.95. The molecule has 0 amide bonds. The fourth-order valence-corrected chi connectivity index (χ4v) is 2.27. The van der Waals surface area contributed by atoms with E-state index in [2.05, 4.69) is 0 Å². The molecule has 9 heteroatoms. The molecule has 3 nitrogen and oxygen atoms in total. The van der Waals surface area contributed by atoms with Crippen LogP contribution in [0.5, 0.6) is 0 Å². The minimum atomic E-state index is -5.06. The molecule has 0 atom stereocenters. The molecule has 0 aliphatic heterocycles. The molecular formula is C7H4ClF4NO2S. The van der Waals surface area contributed by atoms with Crippen LogP contribution in [0.4, 0.5) is 23.2 Å². The molecule has 1 rings (SSSR count). The number of hydrogen-bond acceptors (Lipinski definition) is 3. The SMILES string of the molecule is Nc1cc(F)c(S(=O)(=O)Cl)c(C(F)(F)F)c1. The molecular weight excluding hydrogens is 274 g/mol. The van der Waals surface area contributed by atoms with Gasteiger partial charge in [-0.3, -0.25) is 0 Å². The summed E-state index contributed by atoms with van der Waals surface area (Å²) in [5.74, 6) is -1.64. The molecule has 0 aliphatic rings. The van der Waals surface area contributed by atoms with Gasteiger partial charge in [0, 0.05) is 16.4 Å². The molecule has 0 unspecified atom stereocenters.